The standard InChI is InChI=1S/C10H11FN2O4S2/c11-9-5-8(1-2-10(9)13(14)15)19(16,17)12-7-3-4-18-6-7/h1-2,5,7,12H,3-4,6H2. The maximum atomic E-state index is 13.4. The third-order valence-electron chi connectivity index (χ3n) is 2.68. The van der Waals surface area contributed by atoms with Gasteiger partial charge in [0.1, 0.15) is 0 Å². The largest absolute Gasteiger partial charge is 0.304 e. The van der Waals surface area contributed by atoms with Crippen LogP contribution in [0, 0.1) is 15.9 Å². The Morgan fingerprint density at radius 1 is 1.47 bits per heavy atom. The molecule has 1 aromatic carbocycles. The van der Waals surface area contributed by atoms with Gasteiger partial charge in [-0.3, -0.25) is 10.1 Å². The highest BCUT2D eigenvalue weighted by molar-refractivity contribution is 7.99. The lowest BCUT2D eigenvalue weighted by molar-refractivity contribution is -0.387. The van der Waals surface area contributed by atoms with Crippen LogP contribution in [-0.4, -0.2) is 30.9 Å². The number of benzene rings is 1. The van der Waals surface area contributed by atoms with Crippen molar-refractivity contribution >= 4 is 27.5 Å². The van der Waals surface area contributed by atoms with Gasteiger partial charge in [-0.15, -0.1) is 0 Å². The Kier molecular flexibility index (Phi) is 4.07. The van der Waals surface area contributed by atoms with Crippen molar-refractivity contribution in [2.45, 2.75) is 17.4 Å². The summed E-state index contributed by atoms with van der Waals surface area (Å²) in [5.41, 5.74) is -0.740. The first-order valence-corrected chi connectivity index (χ1v) is 8.08. The summed E-state index contributed by atoms with van der Waals surface area (Å²) in [7, 11) is -3.83. The Balaban J connectivity index is 2.25. The Hall–Kier alpha value is -1.19. The SMILES string of the molecule is O=[N+]([O-])c1ccc(S(=O)(=O)NC2CCSC2)cc1F. The zero-order valence-electron chi connectivity index (χ0n) is 9.71. The summed E-state index contributed by atoms with van der Waals surface area (Å²) < 4.78 is 39.8. The minimum Gasteiger partial charge on any atom is -0.258 e. The molecule has 1 aromatic rings. The predicted octanol–water partition coefficient (Wildman–Crippen LogP) is 1.52. The molecule has 0 bridgehead atoms. The summed E-state index contributed by atoms with van der Waals surface area (Å²) in [6.07, 6.45) is 0.722. The highest BCUT2D eigenvalue weighted by Gasteiger charge is 2.25. The van der Waals surface area contributed by atoms with Crippen LogP contribution in [0.1, 0.15) is 6.42 Å². The molecule has 9 heteroatoms. The van der Waals surface area contributed by atoms with Gasteiger partial charge in [-0.2, -0.15) is 16.2 Å². The molecule has 0 aromatic heterocycles. The first-order valence-electron chi connectivity index (χ1n) is 5.44. The number of hydrogen-bond acceptors (Lipinski definition) is 5. The van der Waals surface area contributed by atoms with E-state index in [1.807, 2.05) is 0 Å². The third-order valence-corrected chi connectivity index (χ3v) is 5.36. The second-order valence-electron chi connectivity index (χ2n) is 4.05. The summed E-state index contributed by atoms with van der Waals surface area (Å²) >= 11 is 1.64. The highest BCUT2D eigenvalue weighted by atomic mass is 32.2. The Morgan fingerprint density at radius 3 is 2.74 bits per heavy atom. The molecule has 1 atom stereocenters. The van der Waals surface area contributed by atoms with E-state index in [0.29, 0.717) is 11.8 Å². The number of thioether (sulfide) groups is 1. The van der Waals surface area contributed by atoms with Crippen molar-refractivity contribution in [1.29, 1.82) is 0 Å². The zero-order valence-corrected chi connectivity index (χ0v) is 11.3. The molecule has 1 aliphatic rings. The van der Waals surface area contributed by atoms with Gasteiger partial charge in [-0.25, -0.2) is 13.1 Å². The predicted molar refractivity (Wildman–Crippen MR) is 69.1 cm³/mol. The molecule has 1 saturated heterocycles. The summed E-state index contributed by atoms with van der Waals surface area (Å²) in [5.74, 6) is 0.393. The van der Waals surface area contributed by atoms with Gasteiger partial charge < -0.3 is 0 Å². The highest BCUT2D eigenvalue weighted by Crippen LogP contribution is 2.23. The van der Waals surface area contributed by atoms with E-state index in [2.05, 4.69) is 4.72 Å². The average Bonchev–Trinajstić information content (AvgIpc) is 2.80. The first kappa shape index (κ1) is 14.2. The van der Waals surface area contributed by atoms with Gasteiger partial charge in [0.05, 0.1) is 9.82 Å². The molecule has 0 amide bonds. The van der Waals surface area contributed by atoms with Gasteiger partial charge in [-0.05, 0) is 18.2 Å². The Bertz CT molecular complexity index is 600. The van der Waals surface area contributed by atoms with Crippen LogP contribution in [0.25, 0.3) is 0 Å². The number of sulfonamides is 1. The van der Waals surface area contributed by atoms with Gasteiger partial charge in [0, 0.05) is 23.9 Å². The molecule has 1 fully saturated rings. The fourth-order valence-corrected chi connectivity index (χ4v) is 4.26. The van der Waals surface area contributed by atoms with Crippen LogP contribution in [0.5, 0.6) is 0 Å². The van der Waals surface area contributed by atoms with Gasteiger partial charge in [0.2, 0.25) is 15.8 Å². The fraction of sp³-hybridized carbons (Fsp3) is 0.400. The van der Waals surface area contributed by atoms with Gasteiger partial charge in [0.15, 0.2) is 0 Å². The molecule has 19 heavy (non-hydrogen) atoms. The third kappa shape index (κ3) is 3.23. The second-order valence-corrected chi connectivity index (χ2v) is 6.92. The van der Waals surface area contributed by atoms with E-state index in [-0.39, 0.29) is 10.9 Å². The molecule has 2 rings (SSSR count). The van der Waals surface area contributed by atoms with Crippen molar-refractivity contribution in [2.75, 3.05) is 11.5 Å². The minimum atomic E-state index is -3.83. The molecule has 6 nitrogen and oxygen atoms in total. The van der Waals surface area contributed by atoms with Crippen LogP contribution in [0.4, 0.5) is 10.1 Å². The molecule has 0 spiro atoms. The van der Waals surface area contributed by atoms with Crippen molar-refractivity contribution in [3.8, 4) is 0 Å². The van der Waals surface area contributed by atoms with Crippen LogP contribution in [-0.2, 0) is 10.0 Å². The molecule has 0 aliphatic carbocycles. The molecular formula is C10H11FN2O4S2. The Labute approximate surface area is 113 Å². The lowest BCUT2D eigenvalue weighted by Gasteiger charge is -2.11. The number of hydrogen-bond donors (Lipinski definition) is 1. The van der Waals surface area contributed by atoms with E-state index in [4.69, 9.17) is 0 Å². The fourth-order valence-electron chi connectivity index (χ4n) is 1.72. The normalized spacial score (nSPS) is 19.5. The number of halogens is 1. The van der Waals surface area contributed by atoms with Gasteiger partial charge in [0.25, 0.3) is 0 Å². The van der Waals surface area contributed by atoms with E-state index in [1.165, 1.54) is 0 Å². The summed E-state index contributed by atoms with van der Waals surface area (Å²) in [4.78, 5) is 9.26. The number of nitrogens with zero attached hydrogens (tertiary/aromatic N) is 1. The lowest BCUT2D eigenvalue weighted by Crippen LogP contribution is -2.34. The van der Waals surface area contributed by atoms with E-state index < -0.39 is 26.5 Å². The Morgan fingerprint density at radius 2 is 2.21 bits per heavy atom. The van der Waals surface area contributed by atoms with Crippen molar-refractivity contribution in [2.24, 2.45) is 0 Å². The van der Waals surface area contributed by atoms with Crippen LogP contribution < -0.4 is 4.72 Å². The number of rotatable bonds is 4. The van der Waals surface area contributed by atoms with E-state index in [1.54, 1.807) is 11.8 Å². The maximum absolute atomic E-state index is 13.4. The van der Waals surface area contributed by atoms with E-state index in [9.17, 15) is 22.9 Å². The van der Waals surface area contributed by atoms with Crippen molar-refractivity contribution in [1.82, 2.24) is 4.72 Å². The number of nitro benzene ring substituents is 1. The smallest absolute Gasteiger partial charge is 0.258 e. The minimum absolute atomic E-state index is 0.173. The van der Waals surface area contributed by atoms with Gasteiger partial charge in [-0.1, -0.05) is 0 Å². The lowest BCUT2D eigenvalue weighted by atomic mass is 10.3. The first-order chi connectivity index (χ1) is 8.90. The maximum Gasteiger partial charge on any atom is 0.304 e. The zero-order chi connectivity index (χ0) is 14.0. The summed E-state index contributed by atoms with van der Waals surface area (Å²) in [6, 6.07) is 2.38. The topological polar surface area (TPSA) is 89.3 Å². The van der Waals surface area contributed by atoms with Crippen molar-refractivity contribution in [3.05, 3.63) is 34.1 Å². The number of nitrogens with one attached hydrogen (secondary N) is 1. The summed E-state index contributed by atoms with van der Waals surface area (Å²) in [6.45, 7) is 0. The molecule has 1 aliphatic heterocycles. The summed E-state index contributed by atoms with van der Waals surface area (Å²) in [5, 5.41) is 10.5. The molecule has 1 heterocycles. The quantitative estimate of drug-likeness (QED) is 0.673. The van der Waals surface area contributed by atoms with Gasteiger partial charge >= 0.3 is 5.69 Å². The van der Waals surface area contributed by atoms with Crippen LogP contribution in [0.3, 0.4) is 0 Å². The van der Waals surface area contributed by atoms with Crippen LogP contribution >= 0.6 is 11.8 Å². The van der Waals surface area contributed by atoms with Crippen LogP contribution in [0.15, 0.2) is 23.1 Å². The molecular weight excluding hydrogens is 295 g/mol. The monoisotopic (exact) mass is 306 g/mol. The molecule has 1 N–H and O–H groups in total. The molecule has 0 radical (unpaired) electrons. The van der Waals surface area contributed by atoms with Crippen LogP contribution in [0.2, 0.25) is 0 Å². The van der Waals surface area contributed by atoms with Crippen molar-refractivity contribution in [3.63, 3.8) is 0 Å². The van der Waals surface area contributed by atoms with Crippen molar-refractivity contribution < 1.29 is 17.7 Å². The van der Waals surface area contributed by atoms with E-state index in [0.717, 1.165) is 24.3 Å². The average molecular weight is 306 g/mol. The molecule has 104 valence electrons. The number of nitro groups is 1. The molecule has 1 unspecified atom stereocenters. The molecule has 0 saturated carbocycles. The second kappa shape index (κ2) is 5.43. The van der Waals surface area contributed by atoms with E-state index >= 15 is 0 Å².